The maximum atomic E-state index is 12.5. The average Bonchev–Trinajstić information content (AvgIpc) is 2.95. The first kappa shape index (κ1) is 18.2. The SMILES string of the molecule is CC(C)OCc1cccc(NC(=O)N[C@H]2CCCC23CCOCC3)c1. The summed E-state index contributed by atoms with van der Waals surface area (Å²) in [5.41, 5.74) is 2.11. The third-order valence-electron chi connectivity index (χ3n) is 5.47. The zero-order chi connectivity index (χ0) is 17.7. The molecule has 0 unspecified atom stereocenters. The highest BCUT2D eigenvalue weighted by Gasteiger charge is 2.44. The van der Waals surface area contributed by atoms with E-state index in [2.05, 4.69) is 10.6 Å². The molecule has 1 aromatic carbocycles. The molecule has 1 heterocycles. The monoisotopic (exact) mass is 346 g/mol. The van der Waals surface area contributed by atoms with E-state index in [1.54, 1.807) is 0 Å². The molecule has 1 aliphatic carbocycles. The summed E-state index contributed by atoms with van der Waals surface area (Å²) in [5.74, 6) is 0. The predicted molar refractivity (Wildman–Crippen MR) is 98.6 cm³/mol. The van der Waals surface area contributed by atoms with Crippen LogP contribution in [0.4, 0.5) is 10.5 Å². The van der Waals surface area contributed by atoms with Gasteiger partial charge in [0.25, 0.3) is 0 Å². The van der Waals surface area contributed by atoms with Crippen molar-refractivity contribution in [3.05, 3.63) is 29.8 Å². The van der Waals surface area contributed by atoms with Crippen molar-refractivity contribution in [1.82, 2.24) is 5.32 Å². The molecule has 1 aromatic rings. The van der Waals surface area contributed by atoms with Gasteiger partial charge in [0.15, 0.2) is 0 Å². The van der Waals surface area contributed by atoms with Gasteiger partial charge in [0.1, 0.15) is 0 Å². The second kappa shape index (κ2) is 8.19. The smallest absolute Gasteiger partial charge is 0.319 e. The van der Waals surface area contributed by atoms with Crippen LogP contribution in [0.15, 0.2) is 24.3 Å². The standard InChI is InChI=1S/C20H30N2O3/c1-15(2)25-14-16-5-3-6-17(13-16)21-19(23)22-18-7-4-8-20(18)9-11-24-12-10-20/h3,5-6,13,15,18H,4,7-12,14H2,1-2H3,(H2,21,22,23)/t18-/m0/s1. The summed E-state index contributed by atoms with van der Waals surface area (Å²) >= 11 is 0. The van der Waals surface area contributed by atoms with Crippen molar-refractivity contribution in [3.63, 3.8) is 0 Å². The van der Waals surface area contributed by atoms with Crippen molar-refractivity contribution >= 4 is 11.7 Å². The Morgan fingerprint density at radius 2 is 2.12 bits per heavy atom. The number of rotatable bonds is 5. The summed E-state index contributed by atoms with van der Waals surface area (Å²) in [6.07, 6.45) is 5.75. The van der Waals surface area contributed by atoms with Crippen LogP contribution in [0.5, 0.6) is 0 Å². The van der Waals surface area contributed by atoms with Crippen molar-refractivity contribution in [2.45, 2.75) is 64.7 Å². The molecule has 0 bridgehead atoms. The van der Waals surface area contributed by atoms with Crippen LogP contribution in [0, 0.1) is 5.41 Å². The number of anilines is 1. The van der Waals surface area contributed by atoms with Gasteiger partial charge in [0.05, 0.1) is 12.7 Å². The van der Waals surface area contributed by atoms with E-state index in [9.17, 15) is 4.79 Å². The van der Waals surface area contributed by atoms with Crippen LogP contribution < -0.4 is 10.6 Å². The molecular formula is C20H30N2O3. The lowest BCUT2D eigenvalue weighted by Crippen LogP contribution is -2.48. The molecule has 25 heavy (non-hydrogen) atoms. The molecule has 2 amide bonds. The largest absolute Gasteiger partial charge is 0.381 e. The Kier molecular flexibility index (Phi) is 5.97. The van der Waals surface area contributed by atoms with E-state index in [1.165, 1.54) is 12.8 Å². The van der Waals surface area contributed by atoms with Gasteiger partial charge in [-0.05, 0) is 62.6 Å². The van der Waals surface area contributed by atoms with Crippen molar-refractivity contribution in [2.24, 2.45) is 5.41 Å². The summed E-state index contributed by atoms with van der Waals surface area (Å²) in [5, 5.41) is 6.20. The van der Waals surface area contributed by atoms with Crippen LogP contribution in [0.2, 0.25) is 0 Å². The van der Waals surface area contributed by atoms with E-state index in [0.717, 1.165) is 43.7 Å². The number of carbonyl (C=O) groups excluding carboxylic acids is 1. The van der Waals surface area contributed by atoms with E-state index in [4.69, 9.17) is 9.47 Å². The summed E-state index contributed by atoms with van der Waals surface area (Å²) < 4.78 is 11.1. The lowest BCUT2D eigenvalue weighted by Gasteiger charge is -2.39. The normalized spacial score (nSPS) is 22.3. The van der Waals surface area contributed by atoms with Crippen molar-refractivity contribution in [1.29, 1.82) is 0 Å². The Balaban J connectivity index is 1.56. The molecule has 5 nitrogen and oxygen atoms in total. The second-order valence-electron chi connectivity index (χ2n) is 7.58. The zero-order valence-corrected chi connectivity index (χ0v) is 15.3. The number of carbonyl (C=O) groups is 1. The highest BCUT2D eigenvalue weighted by molar-refractivity contribution is 5.89. The Hall–Kier alpha value is -1.59. The molecule has 1 saturated heterocycles. The summed E-state index contributed by atoms with van der Waals surface area (Å²) in [7, 11) is 0. The van der Waals surface area contributed by atoms with Gasteiger partial charge in [-0.25, -0.2) is 4.79 Å². The second-order valence-corrected chi connectivity index (χ2v) is 7.58. The minimum Gasteiger partial charge on any atom is -0.381 e. The number of amides is 2. The van der Waals surface area contributed by atoms with Gasteiger partial charge < -0.3 is 20.1 Å². The van der Waals surface area contributed by atoms with Crippen molar-refractivity contribution < 1.29 is 14.3 Å². The summed E-state index contributed by atoms with van der Waals surface area (Å²) in [6.45, 7) is 6.22. The molecule has 138 valence electrons. The van der Waals surface area contributed by atoms with E-state index >= 15 is 0 Å². The van der Waals surface area contributed by atoms with Crippen LogP contribution in [0.3, 0.4) is 0 Å². The molecule has 1 spiro atoms. The fraction of sp³-hybridized carbons (Fsp3) is 0.650. The third kappa shape index (κ3) is 4.73. The topological polar surface area (TPSA) is 59.6 Å². The number of hydrogen-bond acceptors (Lipinski definition) is 3. The van der Waals surface area contributed by atoms with Gasteiger partial charge in [-0.3, -0.25) is 0 Å². The minimum atomic E-state index is -0.111. The maximum absolute atomic E-state index is 12.5. The Morgan fingerprint density at radius 3 is 2.88 bits per heavy atom. The molecule has 0 radical (unpaired) electrons. The van der Waals surface area contributed by atoms with E-state index in [1.807, 2.05) is 38.1 Å². The molecule has 2 N–H and O–H groups in total. The molecule has 0 aromatic heterocycles. The van der Waals surface area contributed by atoms with Gasteiger partial charge in [-0.1, -0.05) is 18.6 Å². The van der Waals surface area contributed by atoms with Gasteiger partial charge in [-0.15, -0.1) is 0 Å². The predicted octanol–water partition coefficient (Wildman–Crippen LogP) is 4.08. The minimum absolute atomic E-state index is 0.111. The number of benzene rings is 1. The molecule has 1 aliphatic heterocycles. The van der Waals surface area contributed by atoms with E-state index < -0.39 is 0 Å². The molecule has 2 fully saturated rings. The number of hydrogen-bond donors (Lipinski definition) is 2. The number of nitrogens with one attached hydrogen (secondary N) is 2. The molecule has 5 heteroatoms. The Bertz CT molecular complexity index is 582. The fourth-order valence-electron chi connectivity index (χ4n) is 4.07. The van der Waals surface area contributed by atoms with Crippen molar-refractivity contribution in [3.8, 4) is 0 Å². The van der Waals surface area contributed by atoms with Gasteiger partial charge >= 0.3 is 6.03 Å². The molecule has 2 aliphatic rings. The number of ether oxygens (including phenoxy) is 2. The first-order valence-corrected chi connectivity index (χ1v) is 9.43. The molecule has 1 atom stereocenters. The van der Waals surface area contributed by atoms with Gasteiger partial charge in [0, 0.05) is 24.9 Å². The first-order chi connectivity index (χ1) is 12.1. The van der Waals surface area contributed by atoms with Crippen LogP contribution in [-0.2, 0) is 16.1 Å². The third-order valence-corrected chi connectivity index (χ3v) is 5.47. The lowest BCUT2D eigenvalue weighted by atomic mass is 9.75. The summed E-state index contributed by atoms with van der Waals surface area (Å²) in [4.78, 5) is 12.5. The Labute approximate surface area is 150 Å². The van der Waals surface area contributed by atoms with Crippen molar-refractivity contribution in [2.75, 3.05) is 18.5 Å². The van der Waals surface area contributed by atoms with Crippen LogP contribution in [-0.4, -0.2) is 31.4 Å². The molecule has 1 saturated carbocycles. The van der Waals surface area contributed by atoms with E-state index in [-0.39, 0.29) is 23.6 Å². The van der Waals surface area contributed by atoms with Gasteiger partial charge in [0.2, 0.25) is 0 Å². The van der Waals surface area contributed by atoms with Gasteiger partial charge in [-0.2, -0.15) is 0 Å². The number of urea groups is 1. The highest BCUT2D eigenvalue weighted by atomic mass is 16.5. The Morgan fingerprint density at radius 1 is 1.32 bits per heavy atom. The molecule has 3 rings (SSSR count). The average molecular weight is 346 g/mol. The van der Waals surface area contributed by atoms with E-state index in [0.29, 0.717) is 6.61 Å². The van der Waals surface area contributed by atoms with Crippen LogP contribution in [0.25, 0.3) is 0 Å². The highest BCUT2D eigenvalue weighted by Crippen LogP contribution is 2.45. The maximum Gasteiger partial charge on any atom is 0.319 e. The lowest BCUT2D eigenvalue weighted by molar-refractivity contribution is 0.00652. The fourth-order valence-corrected chi connectivity index (χ4v) is 4.07. The van der Waals surface area contributed by atoms with Crippen LogP contribution in [0.1, 0.15) is 51.5 Å². The zero-order valence-electron chi connectivity index (χ0n) is 15.3. The molecular weight excluding hydrogens is 316 g/mol. The summed E-state index contributed by atoms with van der Waals surface area (Å²) in [6, 6.07) is 7.99. The first-order valence-electron chi connectivity index (χ1n) is 9.43. The quantitative estimate of drug-likeness (QED) is 0.844. The van der Waals surface area contributed by atoms with Crippen LogP contribution >= 0.6 is 0 Å².